The van der Waals surface area contributed by atoms with Crippen molar-refractivity contribution in [1.82, 2.24) is 5.32 Å². The van der Waals surface area contributed by atoms with Gasteiger partial charge in [0.15, 0.2) is 0 Å². The van der Waals surface area contributed by atoms with Crippen LogP contribution >= 0.6 is 15.9 Å². The highest BCUT2D eigenvalue weighted by atomic mass is 79.9. The first-order valence-corrected chi connectivity index (χ1v) is 6.19. The van der Waals surface area contributed by atoms with Crippen LogP contribution in [0.15, 0.2) is 22.7 Å². The molecule has 1 aromatic rings. The minimum absolute atomic E-state index is 0.504. The second-order valence-electron chi connectivity index (χ2n) is 3.67. The Bertz CT molecular complexity index is 433. The van der Waals surface area contributed by atoms with Gasteiger partial charge in [0.25, 0.3) is 0 Å². The van der Waals surface area contributed by atoms with Gasteiger partial charge in [-0.05, 0) is 31.0 Å². The predicted molar refractivity (Wildman–Crippen MR) is 70.8 cm³/mol. The van der Waals surface area contributed by atoms with Gasteiger partial charge < -0.3 is 10.6 Å². The van der Waals surface area contributed by atoms with E-state index in [0.29, 0.717) is 12.2 Å². The number of rotatable bonds is 3. The zero-order chi connectivity index (χ0) is 12.8. The molecule has 5 heteroatoms. The molecular weight excluding hydrogens is 284 g/mol. The van der Waals surface area contributed by atoms with Gasteiger partial charge in [0, 0.05) is 16.7 Å². The lowest BCUT2D eigenvalue weighted by Gasteiger charge is -2.07. The van der Waals surface area contributed by atoms with Crippen LogP contribution in [-0.2, 0) is 9.59 Å². The molecule has 1 aromatic carbocycles. The van der Waals surface area contributed by atoms with Crippen LogP contribution in [0.4, 0.5) is 5.69 Å². The maximum atomic E-state index is 11.5. The zero-order valence-electron chi connectivity index (χ0n) is 9.84. The standard InChI is InChI=1S/C12H15BrN2O2/c1-3-6-14-11(16)12(17)15-9-5-4-8(2)10(13)7-9/h4-5,7H,3,6H2,1-2H3,(H,14,16)(H,15,17). The maximum absolute atomic E-state index is 11.5. The third-order valence-electron chi connectivity index (χ3n) is 2.17. The van der Waals surface area contributed by atoms with Gasteiger partial charge in [-0.3, -0.25) is 9.59 Å². The quantitative estimate of drug-likeness (QED) is 0.841. The monoisotopic (exact) mass is 298 g/mol. The number of carbonyl (C=O) groups excluding carboxylic acids is 2. The number of anilines is 1. The number of amides is 2. The van der Waals surface area contributed by atoms with Crippen molar-refractivity contribution in [3.05, 3.63) is 28.2 Å². The van der Waals surface area contributed by atoms with E-state index < -0.39 is 11.8 Å². The average molecular weight is 299 g/mol. The molecule has 0 aliphatic heterocycles. The number of benzene rings is 1. The molecule has 0 fully saturated rings. The first-order valence-electron chi connectivity index (χ1n) is 5.40. The van der Waals surface area contributed by atoms with E-state index in [0.717, 1.165) is 16.5 Å². The zero-order valence-corrected chi connectivity index (χ0v) is 11.4. The Balaban J connectivity index is 2.61. The SMILES string of the molecule is CCCNC(=O)C(=O)Nc1ccc(C)c(Br)c1. The van der Waals surface area contributed by atoms with Crippen molar-refractivity contribution in [3.8, 4) is 0 Å². The molecule has 4 nitrogen and oxygen atoms in total. The summed E-state index contributed by atoms with van der Waals surface area (Å²) >= 11 is 3.36. The van der Waals surface area contributed by atoms with Crippen molar-refractivity contribution in [2.75, 3.05) is 11.9 Å². The van der Waals surface area contributed by atoms with E-state index in [-0.39, 0.29) is 0 Å². The number of nitrogens with one attached hydrogen (secondary N) is 2. The molecule has 0 radical (unpaired) electrons. The lowest BCUT2D eigenvalue weighted by Crippen LogP contribution is -2.35. The Hall–Kier alpha value is -1.36. The van der Waals surface area contributed by atoms with E-state index in [4.69, 9.17) is 0 Å². The summed E-state index contributed by atoms with van der Waals surface area (Å²) in [6.45, 7) is 4.38. The molecule has 0 saturated heterocycles. The predicted octanol–water partition coefficient (Wildman–Crippen LogP) is 2.22. The van der Waals surface area contributed by atoms with Gasteiger partial charge in [-0.25, -0.2) is 0 Å². The van der Waals surface area contributed by atoms with E-state index in [1.807, 2.05) is 19.9 Å². The van der Waals surface area contributed by atoms with Crippen molar-refractivity contribution in [1.29, 1.82) is 0 Å². The number of aryl methyl sites for hydroxylation is 1. The second kappa shape index (κ2) is 6.39. The largest absolute Gasteiger partial charge is 0.348 e. The number of carbonyl (C=O) groups is 2. The molecule has 0 spiro atoms. The Labute approximate surface area is 109 Å². The van der Waals surface area contributed by atoms with Crippen molar-refractivity contribution >= 4 is 33.4 Å². The van der Waals surface area contributed by atoms with Crippen LogP contribution in [0.1, 0.15) is 18.9 Å². The molecular formula is C12H15BrN2O2. The van der Waals surface area contributed by atoms with Crippen LogP contribution in [-0.4, -0.2) is 18.4 Å². The first kappa shape index (κ1) is 13.7. The lowest BCUT2D eigenvalue weighted by molar-refractivity contribution is -0.136. The van der Waals surface area contributed by atoms with Crippen LogP contribution in [0.3, 0.4) is 0 Å². The Morgan fingerprint density at radius 1 is 1.29 bits per heavy atom. The van der Waals surface area contributed by atoms with Crippen molar-refractivity contribution in [2.24, 2.45) is 0 Å². The summed E-state index contributed by atoms with van der Waals surface area (Å²) in [4.78, 5) is 22.8. The van der Waals surface area contributed by atoms with Crippen LogP contribution in [0.2, 0.25) is 0 Å². The molecule has 1 rings (SSSR count). The third kappa shape index (κ3) is 4.19. The summed E-state index contributed by atoms with van der Waals surface area (Å²) in [6, 6.07) is 5.38. The molecule has 2 N–H and O–H groups in total. The molecule has 0 unspecified atom stereocenters. The van der Waals surface area contributed by atoms with Gasteiger partial charge in [0.1, 0.15) is 0 Å². The molecule has 0 aliphatic rings. The van der Waals surface area contributed by atoms with Crippen LogP contribution in [0.5, 0.6) is 0 Å². The van der Waals surface area contributed by atoms with E-state index in [1.54, 1.807) is 12.1 Å². The molecule has 0 aromatic heterocycles. The normalized spacial score (nSPS) is 9.82. The minimum Gasteiger partial charge on any atom is -0.348 e. The Morgan fingerprint density at radius 3 is 2.59 bits per heavy atom. The summed E-state index contributed by atoms with van der Waals surface area (Å²) < 4.78 is 0.893. The third-order valence-corrected chi connectivity index (χ3v) is 3.03. The Morgan fingerprint density at radius 2 is 2.00 bits per heavy atom. The maximum Gasteiger partial charge on any atom is 0.313 e. The van der Waals surface area contributed by atoms with Gasteiger partial charge in [-0.1, -0.05) is 28.9 Å². The fourth-order valence-corrected chi connectivity index (χ4v) is 1.56. The Kier molecular flexibility index (Phi) is 5.15. The summed E-state index contributed by atoms with van der Waals surface area (Å²) in [7, 11) is 0. The fraction of sp³-hybridized carbons (Fsp3) is 0.333. The van der Waals surface area contributed by atoms with E-state index in [1.165, 1.54) is 0 Å². The van der Waals surface area contributed by atoms with Crippen molar-refractivity contribution < 1.29 is 9.59 Å². The molecule has 2 amide bonds. The first-order chi connectivity index (χ1) is 8.04. The van der Waals surface area contributed by atoms with Gasteiger partial charge in [-0.2, -0.15) is 0 Å². The van der Waals surface area contributed by atoms with Crippen LogP contribution in [0.25, 0.3) is 0 Å². The lowest BCUT2D eigenvalue weighted by atomic mass is 10.2. The molecule has 0 heterocycles. The van der Waals surface area contributed by atoms with Crippen LogP contribution in [0, 0.1) is 6.92 Å². The molecule has 17 heavy (non-hydrogen) atoms. The highest BCUT2D eigenvalue weighted by molar-refractivity contribution is 9.10. The average Bonchev–Trinajstić information content (AvgIpc) is 2.30. The smallest absolute Gasteiger partial charge is 0.313 e. The van der Waals surface area contributed by atoms with Gasteiger partial charge >= 0.3 is 11.8 Å². The summed E-state index contributed by atoms with van der Waals surface area (Å²) in [5.74, 6) is -1.25. The van der Waals surface area contributed by atoms with Crippen molar-refractivity contribution in [3.63, 3.8) is 0 Å². The highest BCUT2D eigenvalue weighted by Crippen LogP contribution is 2.20. The number of halogens is 1. The topological polar surface area (TPSA) is 58.2 Å². The van der Waals surface area contributed by atoms with E-state index >= 15 is 0 Å². The van der Waals surface area contributed by atoms with Gasteiger partial charge in [-0.15, -0.1) is 0 Å². The second-order valence-corrected chi connectivity index (χ2v) is 4.53. The number of hydrogen-bond donors (Lipinski definition) is 2. The molecule has 92 valence electrons. The minimum atomic E-state index is -0.644. The van der Waals surface area contributed by atoms with E-state index in [9.17, 15) is 9.59 Å². The summed E-state index contributed by atoms with van der Waals surface area (Å²) in [5.41, 5.74) is 1.66. The van der Waals surface area contributed by atoms with Crippen molar-refractivity contribution in [2.45, 2.75) is 20.3 Å². The van der Waals surface area contributed by atoms with E-state index in [2.05, 4.69) is 26.6 Å². The summed E-state index contributed by atoms with van der Waals surface area (Å²) in [6.07, 6.45) is 0.801. The fourth-order valence-electron chi connectivity index (χ4n) is 1.18. The summed E-state index contributed by atoms with van der Waals surface area (Å²) in [5, 5.41) is 5.05. The van der Waals surface area contributed by atoms with Gasteiger partial charge in [0.05, 0.1) is 0 Å². The molecule has 0 aliphatic carbocycles. The highest BCUT2D eigenvalue weighted by Gasteiger charge is 2.12. The molecule has 0 bridgehead atoms. The van der Waals surface area contributed by atoms with Crippen LogP contribution < -0.4 is 10.6 Å². The molecule has 0 atom stereocenters. The number of hydrogen-bond acceptors (Lipinski definition) is 2. The molecule has 0 saturated carbocycles. The van der Waals surface area contributed by atoms with Gasteiger partial charge in [0.2, 0.25) is 0 Å².